The molecule has 0 aliphatic carbocycles. The maximum atomic E-state index is 11.7. The lowest BCUT2D eigenvalue weighted by Crippen LogP contribution is -2.29. The Bertz CT molecular complexity index is 587. The number of hydrogen-bond donors (Lipinski definition) is 1. The lowest BCUT2D eigenvalue weighted by atomic mass is 10.2. The molecule has 5 heteroatoms. The number of pyridine rings is 1. The van der Waals surface area contributed by atoms with Crippen LogP contribution < -0.4 is 10.9 Å². The number of rotatable bonds is 4. The zero-order chi connectivity index (χ0) is 13.0. The topological polar surface area (TPSA) is 51.1 Å². The zero-order valence-electron chi connectivity index (χ0n) is 10.1. The number of amides is 1. The maximum absolute atomic E-state index is 11.7. The van der Waals surface area contributed by atoms with Crippen molar-refractivity contribution in [2.75, 3.05) is 0 Å². The summed E-state index contributed by atoms with van der Waals surface area (Å²) < 4.78 is 1.50. The number of aryl methyl sites for hydroxylation is 1. The molecule has 0 saturated carbocycles. The van der Waals surface area contributed by atoms with E-state index < -0.39 is 0 Å². The third kappa shape index (κ3) is 3.07. The van der Waals surface area contributed by atoms with Crippen LogP contribution >= 0.6 is 11.3 Å². The first-order chi connectivity index (χ1) is 8.66. The van der Waals surface area contributed by atoms with Crippen LogP contribution in [0.1, 0.15) is 10.4 Å². The third-order valence-corrected chi connectivity index (χ3v) is 3.47. The molecule has 2 aromatic rings. The van der Waals surface area contributed by atoms with E-state index in [1.165, 1.54) is 4.57 Å². The van der Waals surface area contributed by atoms with Crippen LogP contribution in [0.25, 0.3) is 0 Å². The molecule has 0 atom stereocenters. The van der Waals surface area contributed by atoms with E-state index in [1.807, 2.05) is 17.5 Å². The van der Waals surface area contributed by atoms with Crippen LogP contribution in [0.4, 0.5) is 0 Å². The van der Waals surface area contributed by atoms with Gasteiger partial charge in [-0.15, -0.1) is 11.3 Å². The first kappa shape index (κ1) is 12.6. The molecule has 1 amide bonds. The molecule has 0 aliphatic heterocycles. The molecule has 0 bridgehead atoms. The first-order valence-electron chi connectivity index (χ1n) is 5.60. The Kier molecular flexibility index (Phi) is 3.94. The van der Waals surface area contributed by atoms with Gasteiger partial charge in [-0.1, -0.05) is 12.1 Å². The van der Waals surface area contributed by atoms with Gasteiger partial charge in [0.2, 0.25) is 5.91 Å². The second-order valence-corrected chi connectivity index (χ2v) is 5.01. The molecule has 2 heterocycles. The van der Waals surface area contributed by atoms with E-state index >= 15 is 0 Å². The highest BCUT2D eigenvalue weighted by Crippen LogP contribution is 2.08. The Morgan fingerprint density at radius 3 is 2.94 bits per heavy atom. The summed E-state index contributed by atoms with van der Waals surface area (Å²) in [6, 6.07) is 7.36. The molecule has 0 aliphatic rings. The summed E-state index contributed by atoms with van der Waals surface area (Å²) in [5.74, 6) is -0.0663. The number of carbonyl (C=O) groups excluding carboxylic acids is 1. The predicted octanol–water partition coefficient (Wildman–Crippen LogP) is 1.31. The van der Waals surface area contributed by atoms with Gasteiger partial charge in [-0.3, -0.25) is 9.59 Å². The fourth-order valence-corrected chi connectivity index (χ4v) is 2.32. The van der Waals surface area contributed by atoms with Crippen LogP contribution in [0.2, 0.25) is 0 Å². The van der Waals surface area contributed by atoms with Gasteiger partial charge >= 0.3 is 0 Å². The molecule has 0 unspecified atom stereocenters. The van der Waals surface area contributed by atoms with Gasteiger partial charge in [0.05, 0.1) is 6.42 Å². The van der Waals surface area contributed by atoms with E-state index in [0.29, 0.717) is 12.0 Å². The summed E-state index contributed by atoms with van der Waals surface area (Å²) in [6.07, 6.45) is 2.06. The average molecular weight is 262 g/mol. The highest BCUT2D eigenvalue weighted by Gasteiger charge is 2.06. The monoisotopic (exact) mass is 262 g/mol. The van der Waals surface area contributed by atoms with Gasteiger partial charge in [0.15, 0.2) is 0 Å². The molecule has 0 radical (unpaired) electrons. The van der Waals surface area contributed by atoms with E-state index in [-0.39, 0.29) is 18.0 Å². The van der Waals surface area contributed by atoms with Crippen LogP contribution in [-0.2, 0) is 24.8 Å². The molecule has 0 saturated heterocycles. The van der Waals surface area contributed by atoms with Gasteiger partial charge < -0.3 is 9.88 Å². The summed E-state index contributed by atoms with van der Waals surface area (Å²) >= 11 is 1.55. The normalized spacial score (nSPS) is 10.3. The van der Waals surface area contributed by atoms with Crippen LogP contribution in [0, 0.1) is 0 Å². The standard InChI is InChI=1S/C13H14N2O2S/c1-15-6-2-4-10(13(15)17)9-14-12(16)8-11-5-3-7-18-11/h2-7H,8-9H2,1H3,(H,14,16). The van der Waals surface area contributed by atoms with Gasteiger partial charge in [-0.25, -0.2) is 0 Å². The van der Waals surface area contributed by atoms with Gasteiger partial charge in [-0.05, 0) is 17.5 Å². The van der Waals surface area contributed by atoms with E-state index in [2.05, 4.69) is 5.32 Å². The lowest BCUT2D eigenvalue weighted by molar-refractivity contribution is -0.120. The minimum atomic E-state index is -0.0751. The van der Waals surface area contributed by atoms with Gasteiger partial charge in [0.1, 0.15) is 0 Å². The van der Waals surface area contributed by atoms with Crippen LogP contribution in [-0.4, -0.2) is 10.5 Å². The molecule has 0 spiro atoms. The van der Waals surface area contributed by atoms with E-state index in [0.717, 1.165) is 4.88 Å². The lowest BCUT2D eigenvalue weighted by Gasteiger charge is -2.05. The van der Waals surface area contributed by atoms with E-state index in [4.69, 9.17) is 0 Å². The summed E-state index contributed by atoms with van der Waals surface area (Å²) in [5.41, 5.74) is 0.522. The molecule has 94 valence electrons. The van der Waals surface area contributed by atoms with Crippen molar-refractivity contribution in [3.05, 3.63) is 56.6 Å². The Balaban J connectivity index is 1.93. The fourth-order valence-electron chi connectivity index (χ4n) is 1.62. The Labute approximate surface area is 109 Å². The number of aromatic nitrogens is 1. The van der Waals surface area contributed by atoms with Crippen molar-refractivity contribution in [2.45, 2.75) is 13.0 Å². The molecule has 1 N–H and O–H groups in total. The molecule has 2 rings (SSSR count). The molecule has 0 aromatic carbocycles. The quantitative estimate of drug-likeness (QED) is 0.903. The zero-order valence-corrected chi connectivity index (χ0v) is 10.9. The molecule has 0 fully saturated rings. The second-order valence-electron chi connectivity index (χ2n) is 3.98. The number of thiophene rings is 1. The van der Waals surface area contributed by atoms with Crippen molar-refractivity contribution >= 4 is 17.2 Å². The third-order valence-electron chi connectivity index (χ3n) is 2.59. The maximum Gasteiger partial charge on any atom is 0.255 e. The number of hydrogen-bond acceptors (Lipinski definition) is 3. The molecule has 2 aromatic heterocycles. The van der Waals surface area contributed by atoms with E-state index in [1.54, 1.807) is 36.7 Å². The van der Waals surface area contributed by atoms with Crippen molar-refractivity contribution < 1.29 is 4.79 Å². The number of nitrogens with zero attached hydrogens (tertiary/aromatic N) is 1. The Hall–Kier alpha value is -1.88. The van der Waals surface area contributed by atoms with Gasteiger partial charge in [-0.2, -0.15) is 0 Å². The van der Waals surface area contributed by atoms with Gasteiger partial charge in [0, 0.05) is 30.2 Å². The molecular formula is C13H14N2O2S. The predicted molar refractivity (Wildman–Crippen MR) is 71.6 cm³/mol. The second kappa shape index (κ2) is 5.64. The summed E-state index contributed by atoms with van der Waals surface area (Å²) in [7, 11) is 1.69. The van der Waals surface area contributed by atoms with Crippen molar-refractivity contribution in [3.8, 4) is 0 Å². The van der Waals surface area contributed by atoms with Crippen LogP contribution in [0.15, 0.2) is 40.6 Å². The summed E-state index contributed by atoms with van der Waals surface area (Å²) in [5, 5.41) is 4.70. The van der Waals surface area contributed by atoms with Crippen molar-refractivity contribution in [1.29, 1.82) is 0 Å². The minimum Gasteiger partial charge on any atom is -0.352 e. The summed E-state index contributed by atoms with van der Waals surface area (Å²) in [4.78, 5) is 24.4. The number of nitrogens with one attached hydrogen (secondary N) is 1. The minimum absolute atomic E-state index is 0.0663. The van der Waals surface area contributed by atoms with Crippen molar-refractivity contribution in [1.82, 2.24) is 9.88 Å². The first-order valence-corrected chi connectivity index (χ1v) is 6.48. The Morgan fingerprint density at radius 1 is 1.39 bits per heavy atom. The van der Waals surface area contributed by atoms with Gasteiger partial charge in [0.25, 0.3) is 5.56 Å². The summed E-state index contributed by atoms with van der Waals surface area (Å²) in [6.45, 7) is 0.276. The van der Waals surface area contributed by atoms with E-state index in [9.17, 15) is 9.59 Å². The molecule has 4 nitrogen and oxygen atoms in total. The van der Waals surface area contributed by atoms with Crippen molar-refractivity contribution in [2.24, 2.45) is 7.05 Å². The Morgan fingerprint density at radius 2 is 2.22 bits per heavy atom. The van der Waals surface area contributed by atoms with Crippen molar-refractivity contribution in [3.63, 3.8) is 0 Å². The highest BCUT2D eigenvalue weighted by molar-refractivity contribution is 7.10. The fraction of sp³-hybridized carbons (Fsp3) is 0.231. The molecule has 18 heavy (non-hydrogen) atoms. The molecular weight excluding hydrogens is 248 g/mol. The average Bonchev–Trinajstić information content (AvgIpc) is 2.84. The number of carbonyl (C=O) groups is 1. The SMILES string of the molecule is Cn1cccc(CNC(=O)Cc2cccs2)c1=O. The highest BCUT2D eigenvalue weighted by atomic mass is 32.1. The van der Waals surface area contributed by atoms with Crippen LogP contribution in [0.5, 0.6) is 0 Å². The smallest absolute Gasteiger partial charge is 0.255 e. The van der Waals surface area contributed by atoms with Crippen LogP contribution in [0.3, 0.4) is 0 Å². The largest absolute Gasteiger partial charge is 0.352 e.